The molecule has 10 heteroatoms. The molecule has 5 nitrogen and oxygen atoms in total. The van der Waals surface area contributed by atoms with Gasteiger partial charge in [-0.25, -0.2) is 23.3 Å². The average Bonchev–Trinajstić information content (AvgIpc) is 2.71. The molecular weight excluding hydrogens is 408 g/mol. The third-order valence-electron chi connectivity index (χ3n) is 4.02. The predicted octanol–water partition coefficient (Wildman–Crippen LogP) is 4.19. The lowest BCUT2D eigenvalue weighted by Crippen LogP contribution is -2.22. The summed E-state index contributed by atoms with van der Waals surface area (Å²) >= 11 is 0.266. The smallest absolute Gasteiger partial charge is 0.267 e. The summed E-state index contributed by atoms with van der Waals surface area (Å²) in [4.78, 5) is 23.0. The second-order valence-electron chi connectivity index (χ2n) is 6.00. The Bertz CT molecular complexity index is 1280. The van der Waals surface area contributed by atoms with Crippen LogP contribution in [0.2, 0.25) is 0 Å². The number of hydrogen-bond acceptors (Lipinski definition) is 5. The summed E-state index contributed by atoms with van der Waals surface area (Å²) in [5.41, 5.74) is 0.518. The second kappa shape index (κ2) is 7.28. The van der Waals surface area contributed by atoms with Gasteiger partial charge in [0.2, 0.25) is 0 Å². The standard InChI is InChI=1S/C19H10F4N4OS/c1-9-6-7-12(24-8-9)27-18(28)10-4-2-3-5-11(10)25-19(27)29-15-13(20)16(22)26-17(23)14(15)21/h2-8H,1H3. The Kier molecular flexibility index (Phi) is 4.79. The first-order valence-electron chi connectivity index (χ1n) is 8.19. The predicted molar refractivity (Wildman–Crippen MR) is 98.1 cm³/mol. The van der Waals surface area contributed by atoms with Gasteiger partial charge >= 0.3 is 0 Å². The van der Waals surface area contributed by atoms with Crippen LogP contribution < -0.4 is 5.56 Å². The molecule has 0 amide bonds. The van der Waals surface area contributed by atoms with E-state index in [1.807, 2.05) is 0 Å². The van der Waals surface area contributed by atoms with Crippen LogP contribution in [0.5, 0.6) is 0 Å². The normalized spacial score (nSPS) is 11.2. The Labute approximate surface area is 165 Å². The van der Waals surface area contributed by atoms with Crippen LogP contribution in [0.25, 0.3) is 16.7 Å². The molecule has 0 aliphatic rings. The minimum atomic E-state index is -1.80. The number of rotatable bonds is 3. The molecule has 1 aromatic carbocycles. The zero-order valence-electron chi connectivity index (χ0n) is 14.7. The van der Waals surface area contributed by atoms with Gasteiger partial charge in [-0.2, -0.15) is 13.8 Å². The first-order valence-corrected chi connectivity index (χ1v) is 9.01. The van der Waals surface area contributed by atoms with E-state index in [1.165, 1.54) is 24.4 Å². The molecule has 0 aliphatic carbocycles. The maximum Gasteiger partial charge on any atom is 0.267 e. The quantitative estimate of drug-likeness (QED) is 0.284. The Morgan fingerprint density at radius 1 is 0.931 bits per heavy atom. The molecule has 0 fully saturated rings. The molecule has 0 radical (unpaired) electrons. The fraction of sp³-hybridized carbons (Fsp3) is 0.0526. The molecule has 0 saturated heterocycles. The summed E-state index contributed by atoms with van der Waals surface area (Å²) in [6.07, 6.45) is 1.50. The molecule has 0 spiro atoms. The molecule has 4 rings (SSSR count). The van der Waals surface area contributed by atoms with Crippen LogP contribution >= 0.6 is 11.8 Å². The summed E-state index contributed by atoms with van der Waals surface area (Å²) in [5.74, 6) is -6.82. The second-order valence-corrected chi connectivity index (χ2v) is 6.98. The van der Waals surface area contributed by atoms with Gasteiger partial charge in [0.1, 0.15) is 5.82 Å². The summed E-state index contributed by atoms with van der Waals surface area (Å²) < 4.78 is 56.3. The maximum absolute atomic E-state index is 14.1. The number of para-hydroxylation sites is 1. The number of hydrogen-bond donors (Lipinski definition) is 0. The first kappa shape index (κ1) is 19.1. The van der Waals surface area contributed by atoms with Crippen molar-refractivity contribution in [1.82, 2.24) is 19.5 Å². The van der Waals surface area contributed by atoms with Crippen LogP contribution in [-0.2, 0) is 0 Å². The highest BCUT2D eigenvalue weighted by Crippen LogP contribution is 2.33. The van der Waals surface area contributed by atoms with Gasteiger partial charge < -0.3 is 0 Å². The van der Waals surface area contributed by atoms with Crippen LogP contribution in [0, 0.1) is 30.5 Å². The minimum Gasteiger partial charge on any atom is -0.268 e. The van der Waals surface area contributed by atoms with Crippen LogP contribution in [0.15, 0.2) is 57.4 Å². The Morgan fingerprint density at radius 2 is 1.62 bits per heavy atom. The van der Waals surface area contributed by atoms with Crippen LogP contribution in [0.1, 0.15) is 5.56 Å². The van der Waals surface area contributed by atoms with Crippen molar-refractivity contribution >= 4 is 22.7 Å². The lowest BCUT2D eigenvalue weighted by Gasteiger charge is -2.13. The van der Waals surface area contributed by atoms with E-state index in [-0.39, 0.29) is 33.6 Å². The summed E-state index contributed by atoms with van der Waals surface area (Å²) in [6, 6.07) is 9.55. The van der Waals surface area contributed by atoms with E-state index in [4.69, 9.17) is 0 Å². The van der Waals surface area contributed by atoms with E-state index in [0.29, 0.717) is 0 Å². The molecule has 3 aromatic heterocycles. The van der Waals surface area contributed by atoms with Crippen molar-refractivity contribution in [2.45, 2.75) is 17.0 Å². The number of nitrogens with zero attached hydrogens (tertiary/aromatic N) is 4. The van der Waals surface area contributed by atoms with Gasteiger partial charge in [0.15, 0.2) is 16.8 Å². The van der Waals surface area contributed by atoms with Gasteiger partial charge in [0.25, 0.3) is 17.5 Å². The van der Waals surface area contributed by atoms with Crippen molar-refractivity contribution in [3.63, 3.8) is 0 Å². The molecule has 0 N–H and O–H groups in total. The monoisotopic (exact) mass is 418 g/mol. The number of fused-ring (bicyclic) bond motifs is 1. The average molecular weight is 418 g/mol. The Morgan fingerprint density at radius 3 is 2.28 bits per heavy atom. The maximum atomic E-state index is 14.1. The third-order valence-corrected chi connectivity index (χ3v) is 5.04. The van der Waals surface area contributed by atoms with Crippen LogP contribution in [0.3, 0.4) is 0 Å². The van der Waals surface area contributed by atoms with E-state index in [9.17, 15) is 22.4 Å². The SMILES string of the molecule is Cc1ccc(-n2c(Sc3c(F)c(F)nc(F)c3F)nc3ccccc3c2=O)nc1. The van der Waals surface area contributed by atoms with E-state index in [2.05, 4.69) is 15.0 Å². The molecule has 4 aromatic rings. The fourth-order valence-electron chi connectivity index (χ4n) is 2.62. The van der Waals surface area contributed by atoms with Gasteiger partial charge in [-0.1, -0.05) is 18.2 Å². The van der Waals surface area contributed by atoms with E-state index in [0.717, 1.165) is 10.1 Å². The highest BCUT2D eigenvalue weighted by atomic mass is 32.2. The third kappa shape index (κ3) is 3.35. The van der Waals surface area contributed by atoms with Gasteiger partial charge in [-0.15, -0.1) is 0 Å². The topological polar surface area (TPSA) is 60.7 Å². The van der Waals surface area contributed by atoms with E-state index in [1.54, 1.807) is 25.1 Å². The van der Waals surface area contributed by atoms with E-state index < -0.39 is 34.0 Å². The zero-order valence-corrected chi connectivity index (χ0v) is 15.5. The highest BCUT2D eigenvalue weighted by molar-refractivity contribution is 7.99. The van der Waals surface area contributed by atoms with E-state index >= 15 is 0 Å². The molecule has 29 heavy (non-hydrogen) atoms. The molecule has 0 aliphatic heterocycles. The molecule has 0 atom stereocenters. The van der Waals surface area contributed by atoms with Crippen molar-refractivity contribution in [3.8, 4) is 5.82 Å². The minimum absolute atomic E-state index is 0.136. The molecule has 3 heterocycles. The largest absolute Gasteiger partial charge is 0.268 e. The van der Waals surface area contributed by atoms with Crippen molar-refractivity contribution < 1.29 is 17.6 Å². The molecule has 0 saturated carbocycles. The summed E-state index contributed by atoms with van der Waals surface area (Å²) in [7, 11) is 0. The number of pyridine rings is 2. The lowest BCUT2D eigenvalue weighted by atomic mass is 10.2. The summed E-state index contributed by atoms with van der Waals surface area (Å²) in [5, 5.41) is 0.0279. The highest BCUT2D eigenvalue weighted by Gasteiger charge is 2.24. The fourth-order valence-corrected chi connectivity index (χ4v) is 3.57. The lowest BCUT2D eigenvalue weighted by molar-refractivity contribution is 0.383. The Balaban J connectivity index is 2.01. The summed E-state index contributed by atoms with van der Waals surface area (Å²) in [6.45, 7) is 1.79. The van der Waals surface area contributed by atoms with Crippen LogP contribution in [0.4, 0.5) is 17.6 Å². The van der Waals surface area contributed by atoms with Gasteiger partial charge in [-0.05, 0) is 42.4 Å². The first-order chi connectivity index (χ1) is 13.9. The number of halogens is 4. The molecule has 0 bridgehead atoms. The van der Waals surface area contributed by atoms with Crippen molar-refractivity contribution in [1.29, 1.82) is 0 Å². The zero-order chi connectivity index (χ0) is 20.7. The molecule has 0 unspecified atom stereocenters. The van der Waals surface area contributed by atoms with Crippen molar-refractivity contribution in [2.24, 2.45) is 0 Å². The molecule has 146 valence electrons. The van der Waals surface area contributed by atoms with Crippen LogP contribution in [-0.4, -0.2) is 19.5 Å². The number of aryl methyl sites for hydroxylation is 1. The Hall–Kier alpha value is -3.27. The van der Waals surface area contributed by atoms with Crippen molar-refractivity contribution in [3.05, 3.63) is 82.0 Å². The molecular formula is C19H10F4N4OS. The van der Waals surface area contributed by atoms with Gasteiger partial charge in [0.05, 0.1) is 15.8 Å². The van der Waals surface area contributed by atoms with Crippen molar-refractivity contribution in [2.75, 3.05) is 0 Å². The van der Waals surface area contributed by atoms with Gasteiger partial charge in [-0.3, -0.25) is 4.79 Å². The van der Waals surface area contributed by atoms with Gasteiger partial charge in [0, 0.05) is 6.20 Å². The number of aromatic nitrogens is 4. The number of benzene rings is 1.